The van der Waals surface area contributed by atoms with Crippen LogP contribution in [0.25, 0.3) is 17.0 Å². The lowest BCUT2D eigenvalue weighted by Crippen LogP contribution is -2.58. The molecule has 1 aromatic heterocycles. The maximum atomic E-state index is 13.8. The van der Waals surface area contributed by atoms with Crippen molar-refractivity contribution in [2.24, 2.45) is 0 Å². The van der Waals surface area contributed by atoms with Crippen LogP contribution in [0.4, 0.5) is 45.3 Å². The van der Waals surface area contributed by atoms with Gasteiger partial charge in [0.1, 0.15) is 5.82 Å². The number of fused-ring (bicyclic) bond motifs is 1. The number of anilines is 1. The molecule has 2 atom stereocenters. The number of rotatable bonds is 7. The molecular formula is C36H35F9N8O7. The maximum absolute atomic E-state index is 13.8. The van der Waals surface area contributed by atoms with Crippen molar-refractivity contribution in [3.63, 3.8) is 0 Å². The lowest BCUT2D eigenvalue weighted by atomic mass is 9.90. The number of nitrogens with zero attached hydrogens (tertiary/aromatic N) is 6. The lowest BCUT2D eigenvalue weighted by molar-refractivity contribution is -0.326. The second kappa shape index (κ2) is 18.4. The number of nitrogens with one attached hydrogen (secondary N) is 2. The predicted molar refractivity (Wildman–Crippen MR) is 190 cm³/mol. The highest BCUT2D eigenvalue weighted by atomic mass is 19.4. The fourth-order valence-electron chi connectivity index (χ4n) is 6.21. The van der Waals surface area contributed by atoms with Crippen molar-refractivity contribution in [3.8, 4) is 0 Å². The first kappa shape index (κ1) is 44.9. The van der Waals surface area contributed by atoms with E-state index in [9.17, 15) is 58.7 Å². The van der Waals surface area contributed by atoms with Crippen molar-refractivity contribution >= 4 is 52.6 Å². The Bertz CT molecular complexity index is 2070. The number of alkyl halides is 9. The van der Waals surface area contributed by atoms with Gasteiger partial charge in [-0.3, -0.25) is 24.8 Å². The molecule has 60 heavy (non-hydrogen) atoms. The molecule has 2 N–H and O–H groups in total. The zero-order chi connectivity index (χ0) is 44.0. The van der Waals surface area contributed by atoms with Crippen molar-refractivity contribution in [2.45, 2.75) is 63.2 Å². The number of halogens is 9. The van der Waals surface area contributed by atoms with Crippen LogP contribution in [0.15, 0.2) is 54.6 Å². The van der Waals surface area contributed by atoms with E-state index in [0.717, 1.165) is 5.56 Å². The number of guanidine groups is 1. The topological polar surface area (TPSA) is 171 Å². The summed E-state index contributed by atoms with van der Waals surface area (Å²) in [5.74, 6) is -13.0. The summed E-state index contributed by atoms with van der Waals surface area (Å²) in [5, 5.41) is 9.68. The average Bonchev–Trinajstić information content (AvgIpc) is 3.19. The van der Waals surface area contributed by atoms with Crippen LogP contribution in [0.2, 0.25) is 0 Å². The number of hydrogen-bond donors (Lipinski definition) is 2. The van der Waals surface area contributed by atoms with E-state index in [1.807, 2.05) is 42.5 Å². The molecule has 1 aliphatic heterocycles. The predicted octanol–water partition coefficient (Wildman–Crippen LogP) is 5.73. The summed E-state index contributed by atoms with van der Waals surface area (Å²) in [7, 11) is 0. The molecular weight excluding hydrogens is 827 g/mol. The van der Waals surface area contributed by atoms with Gasteiger partial charge < -0.3 is 15.1 Å². The van der Waals surface area contributed by atoms with Gasteiger partial charge in [0.2, 0.25) is 5.82 Å². The second-order valence-electron chi connectivity index (χ2n) is 13.5. The van der Waals surface area contributed by atoms with Gasteiger partial charge >= 0.3 is 42.4 Å². The Balaban J connectivity index is 1.44. The largest absolute Gasteiger partial charge is 0.493 e. The van der Waals surface area contributed by atoms with Crippen LogP contribution in [0.3, 0.4) is 0 Å². The summed E-state index contributed by atoms with van der Waals surface area (Å²) in [6.45, 7) is 3.88. The standard InChI is InChI=1S/C36H35F9N8O7/c1-21-13-14-24-23(20-21)27(49-28(47-24)29(54)51-18-16-50(17-19-51)15-7-10-22-8-3-2-4-9-22)48-25-11-5-6-12-26(25)52(58-30(55)34(37,38)39)33(46)53(59-31(56)35(40,41)42)60-32(57)36(43,44)45/h2-4,7-10,13-14,20,25-26,46H,5-6,11-12,15-19H2,1H3,(H,47,48,49)/b10-7+,46-33?. The summed E-state index contributed by atoms with van der Waals surface area (Å²) in [5.41, 5.74) is 1.89. The van der Waals surface area contributed by atoms with Crippen molar-refractivity contribution in [2.75, 3.05) is 38.0 Å². The number of amides is 1. The molecule has 2 unspecified atom stereocenters. The fraction of sp³-hybridized carbons (Fsp3) is 0.417. The summed E-state index contributed by atoms with van der Waals surface area (Å²) in [6.07, 6.45) is -14.0. The van der Waals surface area contributed by atoms with Gasteiger partial charge in [0.15, 0.2) is 0 Å². The summed E-state index contributed by atoms with van der Waals surface area (Å²) < 4.78 is 119. The molecule has 1 saturated heterocycles. The lowest BCUT2D eigenvalue weighted by Gasteiger charge is -2.40. The van der Waals surface area contributed by atoms with Gasteiger partial charge in [-0.25, -0.2) is 24.4 Å². The molecule has 324 valence electrons. The van der Waals surface area contributed by atoms with Crippen molar-refractivity contribution in [1.29, 1.82) is 5.41 Å². The Morgan fingerprint density at radius 3 is 2.00 bits per heavy atom. The second-order valence-corrected chi connectivity index (χ2v) is 13.5. The van der Waals surface area contributed by atoms with Crippen LogP contribution < -0.4 is 5.32 Å². The van der Waals surface area contributed by atoms with Gasteiger partial charge in [0.05, 0.1) is 17.6 Å². The van der Waals surface area contributed by atoms with E-state index in [4.69, 9.17) is 5.41 Å². The molecule has 2 fully saturated rings. The van der Waals surface area contributed by atoms with E-state index in [0.29, 0.717) is 25.2 Å². The molecule has 3 aromatic rings. The molecule has 24 heteroatoms. The number of hydrogen-bond acceptors (Lipinski definition) is 12. The Hall–Kier alpha value is -6.20. The van der Waals surface area contributed by atoms with Crippen molar-refractivity contribution < 1.29 is 73.2 Å². The number of aryl methyl sites for hydroxylation is 1. The number of hydroxylamine groups is 4. The van der Waals surface area contributed by atoms with Crippen molar-refractivity contribution in [1.82, 2.24) is 30.1 Å². The number of carbonyl (C=O) groups is 4. The van der Waals surface area contributed by atoms with Gasteiger partial charge in [-0.1, -0.05) is 67.0 Å². The Morgan fingerprint density at radius 1 is 0.817 bits per heavy atom. The highest BCUT2D eigenvalue weighted by molar-refractivity contribution is 5.97. The summed E-state index contributed by atoms with van der Waals surface area (Å²) in [6, 6.07) is 11.3. The Morgan fingerprint density at radius 2 is 1.40 bits per heavy atom. The molecule has 1 saturated carbocycles. The van der Waals surface area contributed by atoms with Crippen LogP contribution in [-0.2, 0) is 28.9 Å². The normalized spacial score (nSPS) is 17.9. The van der Waals surface area contributed by atoms with Crippen LogP contribution in [0, 0.1) is 12.3 Å². The average molecular weight is 863 g/mol. The molecule has 2 aliphatic rings. The van der Waals surface area contributed by atoms with Gasteiger partial charge in [-0.05, 0) is 37.5 Å². The van der Waals surface area contributed by atoms with Gasteiger partial charge in [0, 0.05) is 43.3 Å². The van der Waals surface area contributed by atoms with Gasteiger partial charge in [0.25, 0.3) is 5.91 Å². The SMILES string of the molecule is Cc1ccc2nc(C(=O)N3CCN(C/C=C/c4ccccc4)CC3)nc(NC3CCCCC3N(OC(=O)C(F)(F)F)C(=N)N(OC(=O)C(F)(F)F)OC(=O)C(F)(F)F)c2c1. The molecule has 1 aliphatic carbocycles. The highest BCUT2D eigenvalue weighted by Crippen LogP contribution is 2.32. The van der Waals surface area contributed by atoms with Crippen LogP contribution in [0.1, 0.15) is 47.4 Å². The number of piperazine rings is 1. The van der Waals surface area contributed by atoms with E-state index in [1.54, 1.807) is 25.1 Å². The van der Waals surface area contributed by atoms with E-state index in [2.05, 4.69) is 34.7 Å². The molecule has 0 radical (unpaired) electrons. The highest BCUT2D eigenvalue weighted by Gasteiger charge is 2.51. The fourth-order valence-corrected chi connectivity index (χ4v) is 6.21. The van der Waals surface area contributed by atoms with Gasteiger partial charge in [-0.2, -0.15) is 44.6 Å². The third-order valence-corrected chi connectivity index (χ3v) is 9.12. The molecule has 5 rings (SSSR count). The number of aromatic nitrogens is 2. The van der Waals surface area contributed by atoms with Crippen LogP contribution in [0.5, 0.6) is 0 Å². The van der Waals surface area contributed by atoms with Crippen LogP contribution >= 0.6 is 0 Å². The van der Waals surface area contributed by atoms with E-state index in [1.165, 1.54) is 4.90 Å². The van der Waals surface area contributed by atoms with E-state index in [-0.39, 0.29) is 61.3 Å². The smallest absolute Gasteiger partial charge is 0.364 e. The third kappa shape index (κ3) is 11.5. The van der Waals surface area contributed by atoms with Gasteiger partial charge in [-0.15, -0.1) is 0 Å². The number of benzene rings is 2. The minimum Gasteiger partial charge on any atom is -0.364 e. The third-order valence-electron chi connectivity index (χ3n) is 9.12. The van der Waals surface area contributed by atoms with E-state index < -0.39 is 70.7 Å². The zero-order valence-electron chi connectivity index (χ0n) is 31.2. The number of carbonyl (C=O) groups excluding carboxylic acids is 4. The summed E-state index contributed by atoms with van der Waals surface area (Å²) in [4.78, 5) is 73.3. The summed E-state index contributed by atoms with van der Waals surface area (Å²) >= 11 is 0. The first-order valence-electron chi connectivity index (χ1n) is 17.9. The Kier molecular flexibility index (Phi) is 13.8. The molecule has 0 bridgehead atoms. The maximum Gasteiger partial charge on any atom is 0.493 e. The minimum absolute atomic E-state index is 0.0717. The minimum atomic E-state index is -6.00. The van der Waals surface area contributed by atoms with Crippen LogP contribution in [-0.4, -0.2) is 123 Å². The van der Waals surface area contributed by atoms with Crippen molar-refractivity contribution in [3.05, 3.63) is 71.6 Å². The molecule has 15 nitrogen and oxygen atoms in total. The van der Waals surface area contributed by atoms with E-state index >= 15 is 0 Å². The molecule has 2 heterocycles. The first-order valence-corrected chi connectivity index (χ1v) is 17.9. The Labute approximate surface area is 334 Å². The molecule has 2 aromatic carbocycles. The quantitative estimate of drug-likeness (QED) is 0.128. The molecule has 0 spiro atoms. The molecule has 1 amide bonds. The zero-order valence-corrected chi connectivity index (χ0v) is 31.2. The monoisotopic (exact) mass is 862 g/mol. The first-order chi connectivity index (χ1) is 28.1.